The molecule has 6 heterocycles. The van der Waals surface area contributed by atoms with E-state index >= 15 is 0 Å². The third-order valence-corrected chi connectivity index (χ3v) is 16.3. The summed E-state index contributed by atoms with van der Waals surface area (Å²) in [6.45, 7) is 21.4. The van der Waals surface area contributed by atoms with E-state index in [1.165, 1.54) is 6.92 Å². The van der Waals surface area contributed by atoms with E-state index in [0.717, 1.165) is 12.8 Å². The summed E-state index contributed by atoms with van der Waals surface area (Å²) in [4.78, 5) is 12.1. The predicted octanol–water partition coefficient (Wildman–Crippen LogP) is 3.84. The van der Waals surface area contributed by atoms with Crippen LogP contribution in [0.3, 0.4) is 0 Å². The van der Waals surface area contributed by atoms with Crippen LogP contribution in [0.1, 0.15) is 108 Å². The standard InChI is InChI=1S/C44H76O14/c1-21-29(49-12)20-43(56-31(21)22(2)32-23(3)34(51-14)27(7)44(48,57-32)28(8)39(45)46)19-18-40(9,58-43)30-16-17-41(10,54-30)38-25(5)35(52-15)37(53-38)36-24(4)33(50-13)26(6)42(11,47)55-36/h21-38,47-48H,16-20H2,1-15H3,(H,45,46)/p-1. The first-order valence-corrected chi connectivity index (χ1v) is 21.8. The van der Waals surface area contributed by atoms with E-state index in [-0.39, 0.29) is 66.0 Å². The predicted molar refractivity (Wildman–Crippen MR) is 209 cm³/mol. The molecule has 0 aromatic carbocycles. The van der Waals surface area contributed by atoms with Crippen molar-refractivity contribution >= 4 is 5.97 Å². The van der Waals surface area contributed by atoms with Crippen molar-refractivity contribution in [2.45, 2.75) is 198 Å². The molecule has 0 aliphatic carbocycles. The molecule has 6 aliphatic rings. The van der Waals surface area contributed by atoms with Gasteiger partial charge in [0.15, 0.2) is 17.4 Å². The summed E-state index contributed by atoms with van der Waals surface area (Å²) >= 11 is 0. The van der Waals surface area contributed by atoms with Gasteiger partial charge in [-0.1, -0.05) is 55.4 Å². The lowest BCUT2D eigenvalue weighted by molar-refractivity contribution is -0.379. The average molecular weight is 828 g/mol. The molecule has 23 unspecified atom stereocenters. The van der Waals surface area contributed by atoms with E-state index in [0.29, 0.717) is 19.3 Å². The molecule has 2 N–H and O–H groups in total. The number of carboxylic acids is 1. The highest BCUT2D eigenvalue weighted by molar-refractivity contribution is 5.68. The van der Waals surface area contributed by atoms with Gasteiger partial charge in [0.1, 0.15) is 6.10 Å². The van der Waals surface area contributed by atoms with Crippen molar-refractivity contribution < 1.29 is 67.5 Å². The molecule has 0 saturated carbocycles. The Hall–Kier alpha value is -1.01. The number of methoxy groups -OCH3 is 4. The Kier molecular flexibility index (Phi) is 13.3. The van der Waals surface area contributed by atoms with Gasteiger partial charge in [-0.15, -0.1) is 0 Å². The molecule has 0 aromatic heterocycles. The highest BCUT2D eigenvalue weighted by Gasteiger charge is 2.64. The highest BCUT2D eigenvalue weighted by Crippen LogP contribution is 2.55. The Morgan fingerprint density at radius 3 is 1.88 bits per heavy atom. The van der Waals surface area contributed by atoms with Crippen molar-refractivity contribution in [1.82, 2.24) is 0 Å². The van der Waals surface area contributed by atoms with Crippen LogP contribution in [0.15, 0.2) is 0 Å². The van der Waals surface area contributed by atoms with E-state index in [1.807, 2.05) is 20.8 Å². The topological polar surface area (TPSA) is 173 Å². The molecule has 6 saturated heterocycles. The number of ether oxygens (including phenoxy) is 10. The van der Waals surface area contributed by atoms with Crippen molar-refractivity contribution in [2.75, 3.05) is 28.4 Å². The zero-order valence-corrected chi connectivity index (χ0v) is 37.7. The number of hydrogen-bond acceptors (Lipinski definition) is 14. The number of aliphatic hydroxyl groups is 2. The van der Waals surface area contributed by atoms with Crippen LogP contribution in [0.4, 0.5) is 0 Å². The zero-order valence-electron chi connectivity index (χ0n) is 37.7. The normalized spacial score (nSPS) is 54.8. The largest absolute Gasteiger partial charge is 0.550 e. The Bertz CT molecular complexity index is 1450. The number of carboxylic acid groups (broad SMARTS) is 1. The fourth-order valence-electron chi connectivity index (χ4n) is 12.5. The number of rotatable bonds is 11. The molecule has 0 radical (unpaired) electrons. The molecule has 6 rings (SSSR count). The molecule has 336 valence electrons. The van der Waals surface area contributed by atoms with E-state index in [2.05, 4.69) is 34.6 Å². The second kappa shape index (κ2) is 16.6. The van der Waals surface area contributed by atoms with Crippen LogP contribution in [0.2, 0.25) is 0 Å². The summed E-state index contributed by atoms with van der Waals surface area (Å²) in [5, 5.41) is 35.2. The van der Waals surface area contributed by atoms with E-state index in [4.69, 9.17) is 47.4 Å². The first-order valence-electron chi connectivity index (χ1n) is 21.8. The van der Waals surface area contributed by atoms with Crippen molar-refractivity contribution in [1.29, 1.82) is 0 Å². The summed E-state index contributed by atoms with van der Waals surface area (Å²) in [5.41, 5.74) is -1.33. The maximum absolute atomic E-state index is 12.1. The lowest BCUT2D eigenvalue weighted by Crippen LogP contribution is -2.65. The van der Waals surface area contributed by atoms with Crippen LogP contribution in [0, 0.1) is 47.3 Å². The number of carbonyl (C=O) groups excluding carboxylic acids is 1. The van der Waals surface area contributed by atoms with Gasteiger partial charge in [0.05, 0.1) is 72.1 Å². The lowest BCUT2D eigenvalue weighted by Gasteiger charge is -2.55. The third kappa shape index (κ3) is 7.62. The zero-order chi connectivity index (χ0) is 43.1. The number of hydrogen-bond donors (Lipinski definition) is 2. The Morgan fingerprint density at radius 1 is 0.690 bits per heavy atom. The minimum Gasteiger partial charge on any atom is -0.550 e. The first-order chi connectivity index (χ1) is 27.0. The molecule has 23 atom stereocenters. The Labute approximate surface area is 346 Å². The van der Waals surface area contributed by atoms with Crippen molar-refractivity contribution in [2.24, 2.45) is 47.3 Å². The van der Waals surface area contributed by atoms with E-state index in [9.17, 15) is 20.1 Å². The molecule has 14 nitrogen and oxygen atoms in total. The molecule has 6 fully saturated rings. The quantitative estimate of drug-likeness (QED) is 0.308. The van der Waals surface area contributed by atoms with Crippen LogP contribution < -0.4 is 5.11 Å². The minimum atomic E-state index is -2.01. The van der Waals surface area contributed by atoms with Crippen LogP contribution in [-0.2, 0) is 52.2 Å². The minimum absolute atomic E-state index is 0.0335. The maximum Gasteiger partial charge on any atom is 0.178 e. The summed E-state index contributed by atoms with van der Waals surface area (Å²) < 4.78 is 65.3. The summed E-state index contributed by atoms with van der Waals surface area (Å²) in [5.74, 6) is -8.58. The van der Waals surface area contributed by atoms with E-state index in [1.54, 1.807) is 42.3 Å². The fourth-order valence-corrected chi connectivity index (χ4v) is 12.5. The van der Waals surface area contributed by atoms with Crippen molar-refractivity contribution in [3.8, 4) is 0 Å². The molecular weight excluding hydrogens is 752 g/mol. The van der Waals surface area contributed by atoms with Crippen LogP contribution in [0.5, 0.6) is 0 Å². The summed E-state index contributed by atoms with van der Waals surface area (Å²) in [6.07, 6.45) is -0.310. The van der Waals surface area contributed by atoms with Crippen LogP contribution in [0.25, 0.3) is 0 Å². The lowest BCUT2D eigenvalue weighted by atomic mass is 9.71. The van der Waals surface area contributed by atoms with Gasteiger partial charge in [0.2, 0.25) is 0 Å². The van der Waals surface area contributed by atoms with Gasteiger partial charge < -0.3 is 67.5 Å². The monoisotopic (exact) mass is 828 g/mol. The van der Waals surface area contributed by atoms with Gasteiger partial charge in [-0.3, -0.25) is 0 Å². The molecule has 0 amide bonds. The second-order valence-corrected chi connectivity index (χ2v) is 19.9. The Balaban J connectivity index is 1.19. The van der Waals surface area contributed by atoms with Crippen LogP contribution >= 0.6 is 0 Å². The molecule has 58 heavy (non-hydrogen) atoms. The van der Waals surface area contributed by atoms with Gasteiger partial charge in [-0.25, -0.2) is 0 Å². The molecule has 0 bridgehead atoms. The molecular formula is C44H75O14-. The highest BCUT2D eigenvalue weighted by atomic mass is 16.7. The summed E-state index contributed by atoms with van der Waals surface area (Å²) in [7, 11) is 6.67. The van der Waals surface area contributed by atoms with Crippen molar-refractivity contribution in [3.05, 3.63) is 0 Å². The molecule has 0 aromatic rings. The van der Waals surface area contributed by atoms with Gasteiger partial charge in [-0.2, -0.15) is 0 Å². The van der Waals surface area contributed by atoms with E-state index < -0.39 is 76.9 Å². The van der Waals surface area contributed by atoms with Gasteiger partial charge in [0, 0.05) is 88.7 Å². The van der Waals surface area contributed by atoms with Crippen LogP contribution in [-0.4, -0.2) is 134 Å². The molecule has 6 aliphatic heterocycles. The molecule has 1 spiro atoms. The molecule has 14 heteroatoms. The number of aliphatic carboxylic acids is 1. The first kappa shape index (κ1) is 46.5. The second-order valence-electron chi connectivity index (χ2n) is 19.9. The fraction of sp³-hybridized carbons (Fsp3) is 0.977. The SMILES string of the molecule is COC1CC2(CCC(C)(C3CCC(C)(C4OC(C5OC(C)(O)C(C)C(OC)C5C)C(OC)C4C)O3)O2)OC(C(C)C2OC(O)(C(C)C(=O)[O-])C(C)C(OC)C2C)C1C. The average Bonchev–Trinajstić information content (AvgIpc) is 3.85. The van der Waals surface area contributed by atoms with Crippen molar-refractivity contribution in [3.63, 3.8) is 0 Å². The number of carbonyl (C=O) groups is 1. The van der Waals surface area contributed by atoms with Gasteiger partial charge in [-0.05, 0) is 40.0 Å². The third-order valence-electron chi connectivity index (χ3n) is 16.3. The summed E-state index contributed by atoms with van der Waals surface area (Å²) in [6, 6.07) is 0. The van der Waals surface area contributed by atoms with Gasteiger partial charge >= 0.3 is 0 Å². The van der Waals surface area contributed by atoms with Gasteiger partial charge in [0.25, 0.3) is 0 Å². The maximum atomic E-state index is 12.1. The smallest absolute Gasteiger partial charge is 0.178 e. The Morgan fingerprint density at radius 2 is 1.29 bits per heavy atom.